The Morgan fingerprint density at radius 1 is 1.00 bits per heavy atom. The summed E-state index contributed by atoms with van der Waals surface area (Å²) in [5.41, 5.74) is 0.593. The minimum atomic E-state index is -0.403. The molecule has 3 nitrogen and oxygen atoms in total. The second-order valence-corrected chi connectivity index (χ2v) is 2.02. The lowest BCUT2D eigenvalue weighted by atomic mass is 10.1. The van der Waals surface area contributed by atoms with Crippen molar-refractivity contribution < 1.29 is 9.59 Å². The van der Waals surface area contributed by atoms with E-state index < -0.39 is 11.8 Å². The van der Waals surface area contributed by atoms with E-state index in [4.69, 9.17) is 0 Å². The quantitative estimate of drug-likeness (QED) is 0.650. The Morgan fingerprint density at radius 2 is 1.31 bits per heavy atom. The van der Waals surface area contributed by atoms with Crippen LogP contribution in [0.5, 0.6) is 0 Å². The van der Waals surface area contributed by atoms with Gasteiger partial charge in [-0.2, -0.15) is 0 Å². The molecule has 0 aromatic carbocycles. The van der Waals surface area contributed by atoms with Gasteiger partial charge in [0.2, 0.25) is 0 Å². The third-order valence-electron chi connectivity index (χ3n) is 1.41. The summed E-state index contributed by atoms with van der Waals surface area (Å²) in [7, 11) is 0. The van der Waals surface area contributed by atoms with Gasteiger partial charge in [0.15, 0.2) is 0 Å². The maximum absolute atomic E-state index is 10.9. The van der Waals surface area contributed by atoms with E-state index in [-0.39, 0.29) is 0 Å². The highest BCUT2D eigenvalue weighted by molar-refractivity contribution is 6.21. The van der Waals surface area contributed by atoms with Gasteiger partial charge in [0.1, 0.15) is 0 Å². The normalized spacial score (nSPS) is 14.6. The van der Waals surface area contributed by atoms with Gasteiger partial charge < -0.3 is 0 Å². The predicted octanol–water partition coefficient (Wildman–Crippen LogP) is 1.34. The van der Waals surface area contributed by atoms with Crippen molar-refractivity contribution in [1.82, 2.24) is 5.32 Å². The van der Waals surface area contributed by atoms with Gasteiger partial charge in [-0.15, -0.1) is 0 Å². The van der Waals surface area contributed by atoms with Crippen molar-refractivity contribution in [2.24, 2.45) is 0 Å². The Hall–Kier alpha value is -1.64. The summed E-state index contributed by atoms with van der Waals surface area (Å²) in [6.07, 6.45) is 2.69. The lowest BCUT2D eigenvalue weighted by molar-refractivity contribution is -0.123. The lowest BCUT2D eigenvalue weighted by Gasteiger charge is -1.86. The summed E-state index contributed by atoms with van der Waals surface area (Å²) in [5, 5.41) is 2.12. The highest BCUT2D eigenvalue weighted by atomic mass is 16.2. The molecule has 0 aromatic heterocycles. The first kappa shape index (κ1) is 11.4. The zero-order valence-corrected chi connectivity index (χ0v) is 7.89. The van der Waals surface area contributed by atoms with Crippen LogP contribution in [0.2, 0.25) is 0 Å². The first-order valence-electron chi connectivity index (χ1n) is 4.05. The maximum atomic E-state index is 10.9. The molecule has 0 saturated heterocycles. The molecule has 0 unspecified atom stereocenters. The maximum Gasteiger partial charge on any atom is 0.258 e. The minimum absolute atomic E-state index is 0.296. The molecule has 13 heavy (non-hydrogen) atoms. The number of nitrogens with one attached hydrogen (secondary N) is 1. The molecule has 0 aromatic rings. The highest BCUT2D eigenvalue weighted by Gasteiger charge is 2.25. The number of rotatable bonds is 2. The van der Waals surface area contributed by atoms with Crippen molar-refractivity contribution in [2.75, 3.05) is 0 Å². The molecule has 0 bridgehead atoms. The van der Waals surface area contributed by atoms with Crippen LogP contribution in [0, 0.1) is 0 Å². The van der Waals surface area contributed by atoms with E-state index in [0.717, 1.165) is 0 Å². The molecule has 1 N–H and O–H groups in total. The van der Waals surface area contributed by atoms with E-state index in [1.165, 1.54) is 12.2 Å². The molecule has 70 valence electrons. The van der Waals surface area contributed by atoms with Gasteiger partial charge >= 0.3 is 0 Å². The average molecular weight is 179 g/mol. The fourth-order valence-corrected chi connectivity index (χ4v) is 0.888. The van der Waals surface area contributed by atoms with Crippen LogP contribution in [0.25, 0.3) is 0 Å². The smallest absolute Gasteiger partial charge is 0.258 e. The molecule has 1 heterocycles. The van der Waals surface area contributed by atoms with Crippen molar-refractivity contribution >= 4 is 11.8 Å². The first-order chi connectivity index (χ1) is 6.20. The third kappa shape index (κ3) is 2.15. The van der Waals surface area contributed by atoms with Crippen LogP contribution < -0.4 is 5.32 Å². The summed E-state index contributed by atoms with van der Waals surface area (Å²) in [6, 6.07) is 0. The van der Waals surface area contributed by atoms with Crippen molar-refractivity contribution in [2.45, 2.75) is 13.8 Å². The molecular formula is C10H13NO2. The molecular weight excluding hydrogens is 166 g/mol. The summed E-state index contributed by atoms with van der Waals surface area (Å²) in [5.74, 6) is -0.806. The Balaban J connectivity index is 0.000000671. The van der Waals surface area contributed by atoms with E-state index in [2.05, 4.69) is 18.5 Å². The molecule has 0 fully saturated rings. The lowest BCUT2D eigenvalue weighted by Crippen LogP contribution is -2.22. The predicted molar refractivity (Wildman–Crippen MR) is 51.9 cm³/mol. The van der Waals surface area contributed by atoms with Gasteiger partial charge in [-0.3, -0.25) is 14.9 Å². The van der Waals surface area contributed by atoms with Crippen LogP contribution >= 0.6 is 0 Å². The second-order valence-electron chi connectivity index (χ2n) is 2.02. The number of imide groups is 1. The summed E-state index contributed by atoms with van der Waals surface area (Å²) in [4.78, 5) is 21.8. The molecule has 0 radical (unpaired) electrons. The molecule has 2 amide bonds. The van der Waals surface area contributed by atoms with Crippen molar-refractivity contribution in [3.05, 3.63) is 36.5 Å². The number of carbonyl (C=O) groups excluding carboxylic acids is 2. The van der Waals surface area contributed by atoms with Crippen molar-refractivity contribution in [1.29, 1.82) is 0 Å². The zero-order chi connectivity index (χ0) is 10.4. The Kier molecular flexibility index (Phi) is 4.44. The fraction of sp³-hybridized carbons (Fsp3) is 0.200. The Bertz CT molecular complexity index is 259. The van der Waals surface area contributed by atoms with Crippen LogP contribution in [0.4, 0.5) is 0 Å². The second kappa shape index (κ2) is 5.09. The van der Waals surface area contributed by atoms with Crippen LogP contribution in [0.15, 0.2) is 36.5 Å². The standard InChI is InChI=1S/C8H7NO2.C2H6/c1-3-5-6(4-2)8(11)9-7(5)10;1-2/h3-4H,1-2H2,(H,9,10,11);1-2H3. The van der Waals surface area contributed by atoms with E-state index in [1.807, 2.05) is 13.8 Å². The van der Waals surface area contributed by atoms with Gasteiger partial charge in [0.05, 0.1) is 11.1 Å². The molecule has 0 spiro atoms. The molecule has 0 atom stereocenters. The topological polar surface area (TPSA) is 46.2 Å². The number of hydrogen-bond acceptors (Lipinski definition) is 2. The van der Waals surface area contributed by atoms with Gasteiger partial charge in [0, 0.05) is 0 Å². The fourth-order valence-electron chi connectivity index (χ4n) is 0.888. The van der Waals surface area contributed by atoms with Crippen LogP contribution in [0.1, 0.15) is 13.8 Å². The third-order valence-corrected chi connectivity index (χ3v) is 1.41. The van der Waals surface area contributed by atoms with E-state index in [0.29, 0.717) is 11.1 Å². The minimum Gasteiger partial charge on any atom is -0.288 e. The molecule has 1 aliphatic rings. The van der Waals surface area contributed by atoms with Gasteiger partial charge in [0.25, 0.3) is 11.8 Å². The van der Waals surface area contributed by atoms with E-state index >= 15 is 0 Å². The zero-order valence-electron chi connectivity index (χ0n) is 7.89. The largest absolute Gasteiger partial charge is 0.288 e. The summed E-state index contributed by atoms with van der Waals surface area (Å²) >= 11 is 0. The number of carbonyl (C=O) groups is 2. The molecule has 3 heteroatoms. The van der Waals surface area contributed by atoms with Gasteiger partial charge in [-0.05, 0) is 0 Å². The molecule has 0 aliphatic carbocycles. The summed E-state index contributed by atoms with van der Waals surface area (Å²) in [6.45, 7) is 10.8. The van der Waals surface area contributed by atoms with Gasteiger partial charge in [-0.1, -0.05) is 39.2 Å². The van der Waals surface area contributed by atoms with Crippen LogP contribution in [0.3, 0.4) is 0 Å². The molecule has 1 rings (SSSR count). The summed E-state index contributed by atoms with van der Waals surface area (Å²) < 4.78 is 0. The average Bonchev–Trinajstić information content (AvgIpc) is 2.43. The number of amides is 2. The number of hydrogen-bond donors (Lipinski definition) is 1. The van der Waals surface area contributed by atoms with E-state index in [9.17, 15) is 9.59 Å². The molecule has 0 saturated carbocycles. The van der Waals surface area contributed by atoms with Crippen molar-refractivity contribution in [3.8, 4) is 0 Å². The van der Waals surface area contributed by atoms with Crippen LogP contribution in [-0.4, -0.2) is 11.8 Å². The Labute approximate surface area is 77.8 Å². The first-order valence-corrected chi connectivity index (χ1v) is 4.05. The monoisotopic (exact) mass is 179 g/mol. The van der Waals surface area contributed by atoms with Gasteiger partial charge in [-0.25, -0.2) is 0 Å². The van der Waals surface area contributed by atoms with Crippen molar-refractivity contribution in [3.63, 3.8) is 0 Å². The van der Waals surface area contributed by atoms with E-state index in [1.54, 1.807) is 0 Å². The highest BCUT2D eigenvalue weighted by Crippen LogP contribution is 2.13. The Morgan fingerprint density at radius 3 is 1.54 bits per heavy atom. The van der Waals surface area contributed by atoms with Crippen LogP contribution in [-0.2, 0) is 9.59 Å². The molecule has 1 aliphatic heterocycles. The SMILES string of the molecule is C=CC1=C(C=C)C(=O)NC1=O.CC.